The van der Waals surface area contributed by atoms with E-state index in [4.69, 9.17) is 10.8 Å². The van der Waals surface area contributed by atoms with Gasteiger partial charge in [0.05, 0.1) is 6.61 Å². The lowest BCUT2D eigenvalue weighted by atomic mass is 9.69. The predicted octanol–water partition coefficient (Wildman–Crippen LogP) is 0.528. The summed E-state index contributed by atoms with van der Waals surface area (Å²) in [6.45, 7) is 0.310. The minimum atomic E-state index is 0. The Hall–Kier alpha value is 0.210. The summed E-state index contributed by atoms with van der Waals surface area (Å²) in [6.07, 6.45) is 3.52. The molecule has 0 aromatic heterocycles. The molecular weight excluding hydrogens is 150 g/mol. The molecule has 10 heavy (non-hydrogen) atoms. The average Bonchev–Trinajstić information content (AvgIpc) is 2.17. The molecule has 0 amide bonds. The molecule has 0 heterocycles. The van der Waals surface area contributed by atoms with Crippen LogP contribution >= 0.6 is 12.4 Å². The number of nitrogens with two attached hydrogens (primary N) is 1. The Morgan fingerprint density at radius 1 is 1.50 bits per heavy atom. The van der Waals surface area contributed by atoms with Gasteiger partial charge in [-0.15, -0.1) is 12.4 Å². The third-order valence-corrected chi connectivity index (χ3v) is 3.08. The highest BCUT2D eigenvalue weighted by Gasteiger charge is 2.55. The number of hydrogen-bond donors (Lipinski definition) is 2. The number of hydrogen-bond acceptors (Lipinski definition) is 2. The maximum Gasteiger partial charge on any atom is 0.0502 e. The molecule has 3 saturated carbocycles. The van der Waals surface area contributed by atoms with Crippen molar-refractivity contribution in [2.75, 3.05) is 6.61 Å². The van der Waals surface area contributed by atoms with Gasteiger partial charge in [-0.1, -0.05) is 0 Å². The average molecular weight is 164 g/mol. The summed E-state index contributed by atoms with van der Waals surface area (Å²) in [5, 5.41) is 8.95. The fraction of sp³-hybridized carbons (Fsp3) is 1.00. The van der Waals surface area contributed by atoms with Gasteiger partial charge in [0, 0.05) is 11.5 Å². The van der Waals surface area contributed by atoms with Crippen LogP contribution in [0.25, 0.3) is 0 Å². The van der Waals surface area contributed by atoms with Crippen LogP contribution in [0.3, 0.4) is 0 Å². The second-order valence-corrected chi connectivity index (χ2v) is 3.64. The van der Waals surface area contributed by atoms with Crippen LogP contribution in [0.1, 0.15) is 19.3 Å². The van der Waals surface area contributed by atoms with Crippen LogP contribution in [0.15, 0.2) is 0 Å². The first-order valence-corrected chi connectivity index (χ1v) is 3.63. The monoisotopic (exact) mass is 163 g/mol. The van der Waals surface area contributed by atoms with Gasteiger partial charge in [0.15, 0.2) is 0 Å². The number of rotatable bonds is 1. The maximum absolute atomic E-state index is 8.95. The molecule has 0 aromatic carbocycles. The second-order valence-electron chi connectivity index (χ2n) is 3.64. The first kappa shape index (κ1) is 8.31. The lowest BCUT2D eigenvalue weighted by Crippen LogP contribution is -2.42. The van der Waals surface area contributed by atoms with E-state index in [0.29, 0.717) is 12.6 Å². The molecule has 0 spiro atoms. The molecule has 1 unspecified atom stereocenters. The quantitative estimate of drug-likeness (QED) is 0.593. The summed E-state index contributed by atoms with van der Waals surface area (Å²) in [6, 6.07) is 0.299. The van der Waals surface area contributed by atoms with Gasteiger partial charge in [-0.3, -0.25) is 0 Å². The first-order valence-electron chi connectivity index (χ1n) is 3.63. The molecule has 3 aliphatic rings. The van der Waals surface area contributed by atoms with E-state index in [1.807, 2.05) is 0 Å². The number of halogens is 1. The van der Waals surface area contributed by atoms with Gasteiger partial charge in [-0.05, 0) is 25.2 Å². The molecule has 2 bridgehead atoms. The molecule has 3 aliphatic carbocycles. The Balaban J connectivity index is 0.000000500. The third-order valence-electron chi connectivity index (χ3n) is 3.08. The van der Waals surface area contributed by atoms with Crippen LogP contribution in [-0.2, 0) is 0 Å². The fourth-order valence-electron chi connectivity index (χ4n) is 2.41. The van der Waals surface area contributed by atoms with Crippen molar-refractivity contribution in [3.63, 3.8) is 0 Å². The number of aliphatic hydroxyl groups is 1. The Labute approximate surface area is 67.2 Å². The number of fused-ring (bicyclic) bond motifs is 1. The molecule has 3 rings (SSSR count). The Kier molecular flexibility index (Phi) is 1.96. The first-order chi connectivity index (χ1) is 4.27. The van der Waals surface area contributed by atoms with Gasteiger partial charge in [0.25, 0.3) is 0 Å². The van der Waals surface area contributed by atoms with E-state index >= 15 is 0 Å². The standard InChI is InChI=1S/C7H13NO.ClH/c8-6-1-5-2-7(6,3-5)4-9;/h5-6,9H,1-4,8H2;1H. The van der Waals surface area contributed by atoms with E-state index in [2.05, 4.69) is 0 Å². The van der Waals surface area contributed by atoms with Gasteiger partial charge >= 0.3 is 0 Å². The van der Waals surface area contributed by atoms with E-state index in [0.717, 1.165) is 12.3 Å². The van der Waals surface area contributed by atoms with Crippen LogP contribution in [0.2, 0.25) is 0 Å². The number of aliphatic hydroxyl groups excluding tert-OH is 1. The van der Waals surface area contributed by atoms with Crippen molar-refractivity contribution >= 4 is 12.4 Å². The van der Waals surface area contributed by atoms with Crippen molar-refractivity contribution in [2.45, 2.75) is 25.3 Å². The summed E-state index contributed by atoms with van der Waals surface area (Å²) < 4.78 is 0. The highest BCUT2D eigenvalue weighted by Crippen LogP contribution is 2.57. The van der Waals surface area contributed by atoms with Crippen molar-refractivity contribution in [3.8, 4) is 0 Å². The van der Waals surface area contributed by atoms with Crippen LogP contribution < -0.4 is 5.73 Å². The molecule has 3 N–H and O–H groups in total. The Morgan fingerprint density at radius 3 is 2.30 bits per heavy atom. The molecule has 0 saturated heterocycles. The normalized spacial score (nSPS) is 49.8. The largest absolute Gasteiger partial charge is 0.396 e. The van der Waals surface area contributed by atoms with Crippen molar-refractivity contribution in [1.82, 2.24) is 0 Å². The molecule has 0 aliphatic heterocycles. The Bertz CT molecular complexity index is 134. The van der Waals surface area contributed by atoms with Crippen LogP contribution in [0.5, 0.6) is 0 Å². The summed E-state index contributed by atoms with van der Waals surface area (Å²) in [5.74, 6) is 0.854. The molecule has 2 nitrogen and oxygen atoms in total. The van der Waals surface area contributed by atoms with Crippen molar-refractivity contribution in [2.24, 2.45) is 17.1 Å². The van der Waals surface area contributed by atoms with E-state index in [-0.39, 0.29) is 17.8 Å². The minimum absolute atomic E-state index is 0. The molecule has 3 heteroatoms. The highest BCUT2D eigenvalue weighted by molar-refractivity contribution is 5.85. The van der Waals surface area contributed by atoms with Gasteiger partial charge in [-0.25, -0.2) is 0 Å². The lowest BCUT2D eigenvalue weighted by Gasteiger charge is -2.38. The van der Waals surface area contributed by atoms with Crippen molar-refractivity contribution in [3.05, 3.63) is 0 Å². The zero-order chi connectivity index (χ0) is 6.48. The van der Waals surface area contributed by atoms with E-state index in [9.17, 15) is 0 Å². The van der Waals surface area contributed by atoms with Crippen molar-refractivity contribution in [1.29, 1.82) is 0 Å². The zero-order valence-corrected chi connectivity index (χ0v) is 6.73. The minimum Gasteiger partial charge on any atom is -0.396 e. The second kappa shape index (κ2) is 2.36. The molecule has 0 radical (unpaired) electrons. The van der Waals surface area contributed by atoms with Crippen LogP contribution in [0.4, 0.5) is 0 Å². The lowest BCUT2D eigenvalue weighted by molar-refractivity contribution is 0.0463. The highest BCUT2D eigenvalue weighted by atomic mass is 35.5. The summed E-state index contributed by atoms with van der Waals surface area (Å²) in [7, 11) is 0. The molecular formula is C7H14ClNO. The summed E-state index contributed by atoms with van der Waals surface area (Å²) in [4.78, 5) is 0. The van der Waals surface area contributed by atoms with Crippen LogP contribution in [-0.4, -0.2) is 17.8 Å². The zero-order valence-electron chi connectivity index (χ0n) is 5.92. The molecule has 1 atom stereocenters. The van der Waals surface area contributed by atoms with E-state index < -0.39 is 0 Å². The van der Waals surface area contributed by atoms with Gasteiger partial charge in [0.1, 0.15) is 0 Å². The molecule has 3 fully saturated rings. The summed E-state index contributed by atoms with van der Waals surface area (Å²) >= 11 is 0. The summed E-state index contributed by atoms with van der Waals surface area (Å²) in [5.41, 5.74) is 5.98. The Morgan fingerprint density at radius 2 is 2.10 bits per heavy atom. The van der Waals surface area contributed by atoms with Crippen molar-refractivity contribution < 1.29 is 5.11 Å². The topological polar surface area (TPSA) is 46.2 Å². The maximum atomic E-state index is 8.95. The van der Waals surface area contributed by atoms with Gasteiger partial charge in [0.2, 0.25) is 0 Å². The van der Waals surface area contributed by atoms with Gasteiger partial charge in [-0.2, -0.15) is 0 Å². The van der Waals surface area contributed by atoms with Crippen LogP contribution in [0, 0.1) is 11.3 Å². The van der Waals surface area contributed by atoms with Gasteiger partial charge < -0.3 is 10.8 Å². The molecule has 60 valence electrons. The fourth-order valence-corrected chi connectivity index (χ4v) is 2.41. The van der Waals surface area contributed by atoms with E-state index in [1.54, 1.807) is 0 Å². The smallest absolute Gasteiger partial charge is 0.0502 e. The van der Waals surface area contributed by atoms with E-state index in [1.165, 1.54) is 12.8 Å². The SMILES string of the molecule is Cl.NC1CC2CC1(CO)C2. The predicted molar refractivity (Wildman–Crippen MR) is 42.1 cm³/mol. The third kappa shape index (κ3) is 0.792. The molecule has 0 aromatic rings.